The quantitative estimate of drug-likeness (QED) is 0.693. The van der Waals surface area contributed by atoms with Crippen molar-refractivity contribution in [1.29, 1.82) is 0 Å². The number of carboxylic acids is 1. The Morgan fingerprint density at radius 2 is 1.69 bits per heavy atom. The number of carboxylic acid groups (broad SMARTS) is 1. The number of pyridine rings is 1. The van der Waals surface area contributed by atoms with Crippen molar-refractivity contribution in [3.8, 4) is 0 Å². The van der Waals surface area contributed by atoms with Gasteiger partial charge >= 0.3 is 5.97 Å². The molecule has 5 rings (SSSR count). The van der Waals surface area contributed by atoms with E-state index in [1.54, 1.807) is 15.5 Å². The Bertz CT molecular complexity index is 1310. The van der Waals surface area contributed by atoms with E-state index in [0.29, 0.717) is 43.8 Å². The zero-order valence-corrected chi connectivity index (χ0v) is 21.1. The number of aromatic nitrogens is 1. The average Bonchev–Trinajstić information content (AvgIpc) is 3.64. The number of anilines is 1. The third kappa shape index (κ3) is 3.87. The fourth-order valence-electron chi connectivity index (χ4n) is 5.94. The Kier molecular flexibility index (Phi) is 5.68. The molecule has 1 aromatic heterocycles. The molecule has 2 aliphatic heterocycles. The largest absolute Gasteiger partial charge is 0.477 e. The highest BCUT2D eigenvalue weighted by Gasteiger charge is 2.56. The van der Waals surface area contributed by atoms with Gasteiger partial charge in [-0.2, -0.15) is 0 Å². The number of nitrogens with zero attached hydrogens (tertiary/aromatic N) is 4. The first-order chi connectivity index (χ1) is 16.8. The maximum absolute atomic E-state index is 15.2. The summed E-state index contributed by atoms with van der Waals surface area (Å²) in [6.45, 7) is 8.96. The first kappa shape index (κ1) is 24.7. The standard InChI is InChI=1S/C26H32FN4O5/c1-25(2)13-18(26(3,4)31(25)36)23(33)29-9-7-28(8-10-29)21-12-20-16(11-19(21)27)22(32)17(24(34)35)14-30(20)15-5-6-15/h11-12,14-15,18H,5-10,13H2,1-4H3,(H,34,35). The predicted molar refractivity (Wildman–Crippen MR) is 131 cm³/mol. The maximum Gasteiger partial charge on any atom is 0.341 e. The summed E-state index contributed by atoms with van der Waals surface area (Å²) in [5, 5.41) is 23.3. The molecule has 3 heterocycles. The molecule has 0 bridgehead atoms. The van der Waals surface area contributed by atoms with E-state index in [-0.39, 0.29) is 22.9 Å². The smallest absolute Gasteiger partial charge is 0.341 e. The zero-order valence-electron chi connectivity index (χ0n) is 21.1. The van der Waals surface area contributed by atoms with Crippen LogP contribution >= 0.6 is 0 Å². The molecule has 1 radical (unpaired) electrons. The summed E-state index contributed by atoms with van der Waals surface area (Å²) >= 11 is 0. The lowest BCUT2D eigenvalue weighted by Crippen LogP contribution is -2.54. The van der Waals surface area contributed by atoms with Crippen LogP contribution in [0.4, 0.5) is 10.1 Å². The number of rotatable bonds is 4. The van der Waals surface area contributed by atoms with Crippen molar-refractivity contribution in [3.05, 3.63) is 39.9 Å². The van der Waals surface area contributed by atoms with Gasteiger partial charge in [-0.25, -0.2) is 9.18 Å². The summed E-state index contributed by atoms with van der Waals surface area (Å²) in [5.74, 6) is -2.38. The summed E-state index contributed by atoms with van der Waals surface area (Å²) in [5.41, 5.74) is -1.61. The lowest BCUT2D eigenvalue weighted by molar-refractivity contribution is -0.248. The second kappa shape index (κ2) is 8.27. The normalized spacial score (nSPS) is 23.9. The molecular formula is C26H32FN4O5. The minimum atomic E-state index is -1.32. The number of piperazine rings is 1. The van der Waals surface area contributed by atoms with Crippen molar-refractivity contribution in [2.45, 2.75) is 64.1 Å². The lowest BCUT2D eigenvalue weighted by Gasteiger charge is -2.39. The second-order valence-corrected chi connectivity index (χ2v) is 11.5. The summed E-state index contributed by atoms with van der Waals surface area (Å²) in [4.78, 5) is 41.3. The van der Waals surface area contributed by atoms with Gasteiger partial charge in [0.05, 0.1) is 22.7 Å². The highest BCUT2D eigenvalue weighted by Crippen LogP contribution is 2.45. The number of carbonyl (C=O) groups is 2. The van der Waals surface area contributed by atoms with Gasteiger partial charge < -0.3 is 19.5 Å². The van der Waals surface area contributed by atoms with Crippen LogP contribution in [0.2, 0.25) is 0 Å². The number of carbonyl (C=O) groups excluding carboxylic acids is 1. The van der Waals surface area contributed by atoms with E-state index in [4.69, 9.17) is 0 Å². The number of amides is 1. The van der Waals surface area contributed by atoms with Crippen LogP contribution in [0.25, 0.3) is 10.9 Å². The third-order valence-electron chi connectivity index (χ3n) is 8.13. The molecule has 36 heavy (non-hydrogen) atoms. The van der Waals surface area contributed by atoms with Gasteiger partial charge in [0.1, 0.15) is 11.4 Å². The summed E-state index contributed by atoms with van der Waals surface area (Å²) in [6.07, 6.45) is 3.60. The summed E-state index contributed by atoms with van der Waals surface area (Å²) in [6, 6.07) is 2.87. The molecule has 0 spiro atoms. The first-order valence-corrected chi connectivity index (χ1v) is 12.5. The molecule has 3 fully saturated rings. The molecule has 2 saturated heterocycles. The highest BCUT2D eigenvalue weighted by atomic mass is 19.1. The van der Waals surface area contributed by atoms with Crippen molar-refractivity contribution in [3.63, 3.8) is 0 Å². The molecule has 1 amide bonds. The van der Waals surface area contributed by atoms with Gasteiger partial charge in [0.15, 0.2) is 0 Å². The fraction of sp³-hybridized carbons (Fsp3) is 0.577. The van der Waals surface area contributed by atoms with Gasteiger partial charge in [0.2, 0.25) is 11.3 Å². The van der Waals surface area contributed by atoms with Crippen LogP contribution in [-0.2, 0) is 10.0 Å². The lowest BCUT2D eigenvalue weighted by atomic mass is 9.85. The van der Waals surface area contributed by atoms with Crippen LogP contribution in [0, 0.1) is 11.7 Å². The van der Waals surface area contributed by atoms with Gasteiger partial charge in [-0.1, -0.05) is 0 Å². The SMILES string of the molecule is CC1(C)CC(C(=O)N2CCN(c3cc4c(cc3F)c(=O)c(C(=O)O)cn4C3CC3)CC2)C(C)(C)N1[O]. The van der Waals surface area contributed by atoms with Gasteiger partial charge in [0.25, 0.3) is 0 Å². The molecule has 10 heteroatoms. The Balaban J connectivity index is 1.39. The van der Waals surface area contributed by atoms with E-state index in [1.807, 2.05) is 32.6 Å². The molecule has 1 aliphatic carbocycles. The van der Waals surface area contributed by atoms with Crippen molar-refractivity contribution in [2.75, 3.05) is 31.1 Å². The monoisotopic (exact) mass is 499 g/mol. The van der Waals surface area contributed by atoms with E-state index in [1.165, 1.54) is 6.20 Å². The highest BCUT2D eigenvalue weighted by molar-refractivity contribution is 5.93. The van der Waals surface area contributed by atoms with E-state index < -0.39 is 34.2 Å². The maximum atomic E-state index is 15.2. The van der Waals surface area contributed by atoms with Crippen LogP contribution in [0.15, 0.2) is 23.1 Å². The number of benzene rings is 1. The average molecular weight is 500 g/mol. The Morgan fingerprint density at radius 1 is 1.06 bits per heavy atom. The molecule has 1 saturated carbocycles. The minimum Gasteiger partial charge on any atom is -0.477 e. The van der Waals surface area contributed by atoms with Crippen molar-refractivity contribution >= 4 is 28.5 Å². The van der Waals surface area contributed by atoms with Crippen LogP contribution in [0.3, 0.4) is 0 Å². The number of hydrogen-bond donors (Lipinski definition) is 1. The van der Waals surface area contributed by atoms with Gasteiger partial charge in [-0.15, -0.1) is 10.3 Å². The van der Waals surface area contributed by atoms with Crippen LogP contribution in [-0.4, -0.2) is 68.8 Å². The van der Waals surface area contributed by atoms with E-state index in [9.17, 15) is 24.7 Å². The number of hydroxylamine groups is 2. The molecule has 2 aromatic rings. The molecule has 193 valence electrons. The number of aromatic carboxylic acids is 1. The Hall–Kier alpha value is -2.98. The second-order valence-electron chi connectivity index (χ2n) is 11.5. The Morgan fingerprint density at radius 3 is 2.22 bits per heavy atom. The molecule has 9 nitrogen and oxygen atoms in total. The van der Waals surface area contributed by atoms with E-state index >= 15 is 4.39 Å². The van der Waals surface area contributed by atoms with Crippen molar-refractivity contribution < 1.29 is 24.3 Å². The number of hydrogen-bond acceptors (Lipinski definition) is 5. The predicted octanol–water partition coefficient (Wildman–Crippen LogP) is 3.05. The van der Waals surface area contributed by atoms with Crippen LogP contribution in [0.5, 0.6) is 0 Å². The first-order valence-electron chi connectivity index (χ1n) is 12.5. The topological polar surface area (TPSA) is 106 Å². The van der Waals surface area contributed by atoms with E-state index in [0.717, 1.165) is 24.0 Å². The molecule has 3 aliphatic rings. The van der Waals surface area contributed by atoms with Gasteiger partial charge in [-0.05, 0) is 59.1 Å². The van der Waals surface area contributed by atoms with Crippen LogP contribution in [0.1, 0.15) is 63.4 Å². The third-order valence-corrected chi connectivity index (χ3v) is 8.13. The minimum absolute atomic E-state index is 0.0474. The van der Waals surface area contributed by atoms with Crippen molar-refractivity contribution in [2.24, 2.45) is 5.92 Å². The van der Waals surface area contributed by atoms with Crippen LogP contribution < -0.4 is 10.3 Å². The molecule has 1 unspecified atom stereocenters. The molecular weight excluding hydrogens is 467 g/mol. The molecule has 1 aromatic carbocycles. The number of fused-ring (bicyclic) bond motifs is 1. The molecule has 1 atom stereocenters. The van der Waals surface area contributed by atoms with Gasteiger partial charge in [0, 0.05) is 49.3 Å². The zero-order chi connectivity index (χ0) is 26.2. The fourth-order valence-corrected chi connectivity index (χ4v) is 5.94. The summed E-state index contributed by atoms with van der Waals surface area (Å²) < 4.78 is 17.0. The van der Waals surface area contributed by atoms with Gasteiger partial charge in [-0.3, -0.25) is 9.59 Å². The molecule has 1 N–H and O–H groups in total. The number of halogens is 1. The van der Waals surface area contributed by atoms with Crippen molar-refractivity contribution in [1.82, 2.24) is 14.5 Å². The Labute approximate surface area is 208 Å². The summed E-state index contributed by atoms with van der Waals surface area (Å²) in [7, 11) is 0. The van der Waals surface area contributed by atoms with E-state index in [2.05, 4.69) is 0 Å².